The number of rotatable bonds is 6. The summed E-state index contributed by atoms with van der Waals surface area (Å²) >= 11 is 2.35. The molecule has 0 heterocycles. The van der Waals surface area contributed by atoms with Crippen molar-refractivity contribution in [2.75, 3.05) is 6.54 Å². The van der Waals surface area contributed by atoms with Crippen LogP contribution >= 0.6 is 22.6 Å². The number of nitrogens with one attached hydrogen (secondary N) is 1. The number of benzene rings is 1. The van der Waals surface area contributed by atoms with Gasteiger partial charge in [-0.2, -0.15) is 0 Å². The lowest BCUT2D eigenvalue weighted by Crippen LogP contribution is -2.30. The molecule has 0 bridgehead atoms. The topological polar surface area (TPSA) is 12.0 Å². The first kappa shape index (κ1) is 13.0. The average molecular weight is 317 g/mol. The molecule has 2 heteroatoms. The van der Waals surface area contributed by atoms with Crippen molar-refractivity contribution in [2.45, 2.75) is 39.2 Å². The Labute approximate surface area is 107 Å². The van der Waals surface area contributed by atoms with Crippen LogP contribution in [0.5, 0.6) is 0 Å². The summed E-state index contributed by atoms with van der Waals surface area (Å²) in [6, 6.07) is 9.49. The van der Waals surface area contributed by atoms with E-state index in [1.54, 1.807) is 0 Å². The average Bonchev–Trinajstić information content (AvgIpc) is 2.22. The Morgan fingerprint density at radius 1 is 1.20 bits per heavy atom. The molecule has 1 aromatic carbocycles. The van der Waals surface area contributed by atoms with Gasteiger partial charge in [0, 0.05) is 9.61 Å². The zero-order valence-corrected chi connectivity index (χ0v) is 11.8. The molecule has 0 amide bonds. The summed E-state index contributed by atoms with van der Waals surface area (Å²) in [5.74, 6) is 0. The van der Waals surface area contributed by atoms with Crippen molar-refractivity contribution in [3.63, 3.8) is 0 Å². The van der Waals surface area contributed by atoms with E-state index in [9.17, 15) is 0 Å². The van der Waals surface area contributed by atoms with Gasteiger partial charge in [-0.05, 0) is 59.7 Å². The number of halogens is 1. The van der Waals surface area contributed by atoms with Crippen LogP contribution in [0.25, 0.3) is 0 Å². The fourth-order valence-electron chi connectivity index (χ4n) is 1.82. The van der Waals surface area contributed by atoms with E-state index in [1.165, 1.54) is 22.0 Å². The monoisotopic (exact) mass is 317 g/mol. The maximum absolute atomic E-state index is 3.54. The van der Waals surface area contributed by atoms with Gasteiger partial charge in [0.15, 0.2) is 0 Å². The summed E-state index contributed by atoms with van der Waals surface area (Å²) < 4.78 is 1.31. The Balaban J connectivity index is 2.53. The number of hydrogen-bond acceptors (Lipinski definition) is 1. The first-order valence-corrected chi connectivity index (χ1v) is 6.82. The third-order valence-electron chi connectivity index (χ3n) is 2.53. The molecule has 1 nitrogen and oxygen atoms in total. The molecule has 1 atom stereocenters. The lowest BCUT2D eigenvalue weighted by atomic mass is 10.0. The summed E-state index contributed by atoms with van der Waals surface area (Å²) in [6.45, 7) is 5.49. The van der Waals surface area contributed by atoms with Crippen molar-refractivity contribution < 1.29 is 0 Å². The Hall–Kier alpha value is -0.0900. The maximum Gasteiger partial charge on any atom is 0.0130 e. The van der Waals surface area contributed by atoms with Crippen molar-refractivity contribution in [3.8, 4) is 0 Å². The first-order valence-electron chi connectivity index (χ1n) is 5.74. The fourth-order valence-corrected chi connectivity index (χ4v) is 2.18. The molecule has 0 aliphatic carbocycles. The SMILES string of the molecule is CCCC(Cc1ccc(I)cc1)NCC. The van der Waals surface area contributed by atoms with Crippen molar-refractivity contribution in [2.24, 2.45) is 0 Å². The van der Waals surface area contributed by atoms with Gasteiger partial charge in [-0.3, -0.25) is 0 Å². The molecule has 1 rings (SSSR count). The normalized spacial score (nSPS) is 12.7. The Bertz CT molecular complexity index is 262. The van der Waals surface area contributed by atoms with Crippen LogP contribution in [0.3, 0.4) is 0 Å². The van der Waals surface area contributed by atoms with E-state index in [4.69, 9.17) is 0 Å². The molecule has 0 aromatic heterocycles. The van der Waals surface area contributed by atoms with Gasteiger partial charge in [-0.25, -0.2) is 0 Å². The van der Waals surface area contributed by atoms with Crippen molar-refractivity contribution in [1.29, 1.82) is 0 Å². The first-order chi connectivity index (χ1) is 7.26. The Morgan fingerprint density at radius 3 is 2.40 bits per heavy atom. The molecule has 0 fully saturated rings. The summed E-state index contributed by atoms with van der Waals surface area (Å²) in [5, 5.41) is 3.54. The molecule has 84 valence electrons. The van der Waals surface area contributed by atoms with E-state index in [1.807, 2.05) is 0 Å². The summed E-state index contributed by atoms with van der Waals surface area (Å²) in [4.78, 5) is 0. The number of hydrogen-bond donors (Lipinski definition) is 1. The predicted molar refractivity (Wildman–Crippen MR) is 75.2 cm³/mol. The predicted octanol–water partition coefficient (Wildman–Crippen LogP) is 3.61. The van der Waals surface area contributed by atoms with Crippen LogP contribution in [0.1, 0.15) is 32.3 Å². The molecular formula is C13H20IN. The van der Waals surface area contributed by atoms with Crippen molar-refractivity contribution in [1.82, 2.24) is 5.32 Å². The van der Waals surface area contributed by atoms with Crippen LogP contribution in [-0.4, -0.2) is 12.6 Å². The zero-order valence-electron chi connectivity index (χ0n) is 9.59. The zero-order chi connectivity index (χ0) is 11.1. The van der Waals surface area contributed by atoms with Gasteiger partial charge in [0.25, 0.3) is 0 Å². The van der Waals surface area contributed by atoms with Gasteiger partial charge < -0.3 is 5.32 Å². The molecule has 1 unspecified atom stereocenters. The summed E-state index contributed by atoms with van der Waals surface area (Å²) in [5.41, 5.74) is 1.44. The van der Waals surface area contributed by atoms with E-state index in [2.05, 4.69) is 66.0 Å². The minimum Gasteiger partial charge on any atom is -0.314 e. The summed E-state index contributed by atoms with van der Waals surface area (Å²) in [6.07, 6.45) is 3.67. The molecule has 0 saturated heterocycles. The molecule has 1 N–H and O–H groups in total. The fraction of sp³-hybridized carbons (Fsp3) is 0.538. The lowest BCUT2D eigenvalue weighted by molar-refractivity contribution is 0.486. The molecule has 0 aliphatic heterocycles. The Morgan fingerprint density at radius 2 is 1.87 bits per heavy atom. The highest BCUT2D eigenvalue weighted by Crippen LogP contribution is 2.10. The second-order valence-corrected chi connectivity index (χ2v) is 5.12. The highest BCUT2D eigenvalue weighted by atomic mass is 127. The van der Waals surface area contributed by atoms with E-state index in [0.717, 1.165) is 13.0 Å². The smallest absolute Gasteiger partial charge is 0.0130 e. The quantitative estimate of drug-likeness (QED) is 0.790. The molecule has 1 aromatic rings. The van der Waals surface area contributed by atoms with Crippen LogP contribution in [0, 0.1) is 3.57 Å². The highest BCUT2D eigenvalue weighted by Gasteiger charge is 2.06. The minimum atomic E-state index is 0.639. The van der Waals surface area contributed by atoms with E-state index in [-0.39, 0.29) is 0 Å². The van der Waals surface area contributed by atoms with Crippen molar-refractivity contribution in [3.05, 3.63) is 33.4 Å². The van der Waals surface area contributed by atoms with Gasteiger partial charge >= 0.3 is 0 Å². The third-order valence-corrected chi connectivity index (χ3v) is 3.24. The van der Waals surface area contributed by atoms with E-state index < -0.39 is 0 Å². The maximum atomic E-state index is 3.54. The third kappa shape index (κ3) is 4.98. The van der Waals surface area contributed by atoms with Gasteiger partial charge in [0.2, 0.25) is 0 Å². The largest absolute Gasteiger partial charge is 0.314 e. The van der Waals surface area contributed by atoms with Gasteiger partial charge in [0.1, 0.15) is 0 Å². The second-order valence-electron chi connectivity index (χ2n) is 3.87. The minimum absolute atomic E-state index is 0.639. The number of likely N-dealkylation sites (N-methyl/N-ethyl adjacent to an activating group) is 1. The molecule has 15 heavy (non-hydrogen) atoms. The highest BCUT2D eigenvalue weighted by molar-refractivity contribution is 14.1. The van der Waals surface area contributed by atoms with Gasteiger partial charge in [-0.1, -0.05) is 32.4 Å². The molecular weight excluding hydrogens is 297 g/mol. The van der Waals surface area contributed by atoms with Crippen LogP contribution < -0.4 is 5.32 Å². The van der Waals surface area contributed by atoms with Crippen LogP contribution in [0.4, 0.5) is 0 Å². The lowest BCUT2D eigenvalue weighted by Gasteiger charge is -2.17. The standard InChI is InChI=1S/C13H20IN/c1-3-5-13(15-4-2)10-11-6-8-12(14)9-7-11/h6-9,13,15H,3-5,10H2,1-2H3. The Kier molecular flexibility index (Phi) is 6.25. The molecule has 0 radical (unpaired) electrons. The van der Waals surface area contributed by atoms with Crippen molar-refractivity contribution >= 4 is 22.6 Å². The van der Waals surface area contributed by atoms with Gasteiger partial charge in [-0.15, -0.1) is 0 Å². The van der Waals surface area contributed by atoms with E-state index in [0.29, 0.717) is 6.04 Å². The molecule has 0 saturated carbocycles. The molecule has 0 spiro atoms. The van der Waals surface area contributed by atoms with Gasteiger partial charge in [0.05, 0.1) is 0 Å². The summed E-state index contributed by atoms with van der Waals surface area (Å²) in [7, 11) is 0. The van der Waals surface area contributed by atoms with E-state index >= 15 is 0 Å². The second kappa shape index (κ2) is 7.23. The van der Waals surface area contributed by atoms with Crippen LogP contribution in [0.15, 0.2) is 24.3 Å². The molecule has 0 aliphatic rings. The van der Waals surface area contributed by atoms with Crippen LogP contribution in [-0.2, 0) is 6.42 Å². The van der Waals surface area contributed by atoms with Crippen LogP contribution in [0.2, 0.25) is 0 Å².